The molecule has 0 bridgehead atoms. The van der Waals surface area contributed by atoms with Gasteiger partial charge in [-0.2, -0.15) is 4.31 Å². The molecule has 0 atom stereocenters. The summed E-state index contributed by atoms with van der Waals surface area (Å²) < 4.78 is 26.1. The number of nitrogens with one attached hydrogen (secondary N) is 1. The van der Waals surface area contributed by atoms with E-state index in [0.29, 0.717) is 25.7 Å². The maximum absolute atomic E-state index is 12.3. The van der Waals surface area contributed by atoms with Crippen molar-refractivity contribution in [2.45, 2.75) is 39.3 Å². The van der Waals surface area contributed by atoms with Crippen LogP contribution in [0.15, 0.2) is 18.2 Å². The number of hydrogen-bond acceptors (Lipinski definition) is 4. The minimum absolute atomic E-state index is 0.156. The minimum Gasteiger partial charge on any atom is -0.313 e. The molecule has 1 heterocycles. The highest BCUT2D eigenvalue weighted by Crippen LogP contribution is 2.18. The van der Waals surface area contributed by atoms with E-state index in [1.54, 1.807) is 0 Å². The van der Waals surface area contributed by atoms with E-state index in [9.17, 15) is 8.42 Å². The molecule has 1 aliphatic carbocycles. The zero-order chi connectivity index (χ0) is 14.6. The predicted octanol–water partition coefficient (Wildman–Crippen LogP) is 1.29. The van der Waals surface area contributed by atoms with Crippen LogP contribution >= 0.6 is 0 Å². The average Bonchev–Trinajstić information content (AvgIpc) is 3.19. The first kappa shape index (κ1) is 15.4. The van der Waals surface area contributed by atoms with Gasteiger partial charge >= 0.3 is 0 Å². The van der Waals surface area contributed by atoms with Crippen LogP contribution in [-0.2, 0) is 16.6 Å². The first-order valence-electron chi connectivity index (χ1n) is 7.15. The highest BCUT2D eigenvalue weighted by molar-refractivity contribution is 7.89. The van der Waals surface area contributed by atoms with Crippen LogP contribution in [0.1, 0.15) is 31.2 Å². The molecule has 0 radical (unpaired) electrons. The van der Waals surface area contributed by atoms with Gasteiger partial charge in [-0.3, -0.25) is 4.98 Å². The van der Waals surface area contributed by atoms with E-state index >= 15 is 0 Å². The van der Waals surface area contributed by atoms with E-state index in [0.717, 1.165) is 11.4 Å². The summed E-state index contributed by atoms with van der Waals surface area (Å²) in [6, 6.07) is 6.23. The number of rotatable bonds is 8. The molecule has 1 fully saturated rings. The molecule has 5 nitrogen and oxygen atoms in total. The summed E-state index contributed by atoms with van der Waals surface area (Å²) in [7, 11) is -3.22. The lowest BCUT2D eigenvalue weighted by atomic mass is 10.3. The molecular weight excluding hydrogens is 274 g/mol. The Balaban J connectivity index is 1.94. The Morgan fingerprint density at radius 3 is 2.75 bits per heavy atom. The van der Waals surface area contributed by atoms with Crippen LogP contribution in [-0.4, -0.2) is 42.6 Å². The molecule has 0 aliphatic heterocycles. The van der Waals surface area contributed by atoms with Gasteiger partial charge in [0.25, 0.3) is 0 Å². The Morgan fingerprint density at radius 1 is 1.40 bits per heavy atom. The number of hydrogen-bond donors (Lipinski definition) is 1. The van der Waals surface area contributed by atoms with Crippen molar-refractivity contribution < 1.29 is 8.42 Å². The Kier molecular flexibility index (Phi) is 5.12. The standard InChI is InChI=1S/C14H23N3O2S/c1-3-17(11-14-6-4-5-12(2)16-14)20(18,19)10-9-15-13-7-8-13/h4-6,13,15H,3,7-11H2,1-2H3. The van der Waals surface area contributed by atoms with Crippen molar-refractivity contribution in [1.29, 1.82) is 0 Å². The number of pyridine rings is 1. The SMILES string of the molecule is CCN(Cc1cccc(C)n1)S(=O)(=O)CCNC1CC1. The molecule has 1 saturated carbocycles. The molecule has 2 rings (SSSR count). The fraction of sp³-hybridized carbons (Fsp3) is 0.643. The van der Waals surface area contributed by atoms with E-state index in [1.807, 2.05) is 32.0 Å². The Hall–Kier alpha value is -0.980. The molecule has 0 unspecified atom stereocenters. The summed E-state index contributed by atoms with van der Waals surface area (Å²) in [5.41, 5.74) is 1.71. The monoisotopic (exact) mass is 297 g/mol. The summed E-state index contributed by atoms with van der Waals surface area (Å²) >= 11 is 0. The van der Waals surface area contributed by atoms with Gasteiger partial charge in [-0.25, -0.2) is 8.42 Å². The van der Waals surface area contributed by atoms with Crippen molar-refractivity contribution in [3.8, 4) is 0 Å². The second-order valence-electron chi connectivity index (χ2n) is 5.24. The van der Waals surface area contributed by atoms with Gasteiger partial charge in [0.1, 0.15) is 0 Å². The molecule has 6 heteroatoms. The quantitative estimate of drug-likeness (QED) is 0.785. The maximum Gasteiger partial charge on any atom is 0.215 e. The van der Waals surface area contributed by atoms with Crippen LogP contribution in [0.4, 0.5) is 0 Å². The lowest BCUT2D eigenvalue weighted by molar-refractivity contribution is 0.418. The zero-order valence-corrected chi connectivity index (χ0v) is 13.0. The maximum atomic E-state index is 12.3. The largest absolute Gasteiger partial charge is 0.313 e. The lowest BCUT2D eigenvalue weighted by Crippen LogP contribution is -2.36. The van der Waals surface area contributed by atoms with Crippen LogP contribution in [0.2, 0.25) is 0 Å². The third-order valence-corrected chi connectivity index (χ3v) is 5.29. The zero-order valence-electron chi connectivity index (χ0n) is 12.2. The molecule has 1 aromatic heterocycles. The molecule has 0 spiro atoms. The highest BCUT2D eigenvalue weighted by atomic mass is 32.2. The van der Waals surface area contributed by atoms with Gasteiger partial charge in [0.2, 0.25) is 10.0 Å². The molecule has 0 aromatic carbocycles. The minimum atomic E-state index is -3.22. The summed E-state index contributed by atoms with van der Waals surface area (Å²) in [6.45, 7) is 5.13. The average molecular weight is 297 g/mol. The first-order chi connectivity index (χ1) is 9.51. The van der Waals surface area contributed by atoms with Crippen molar-refractivity contribution in [3.63, 3.8) is 0 Å². The van der Waals surface area contributed by atoms with E-state index in [4.69, 9.17) is 0 Å². The third-order valence-electron chi connectivity index (χ3n) is 3.40. The smallest absolute Gasteiger partial charge is 0.215 e. The molecule has 1 aromatic rings. The Labute approximate surface area is 121 Å². The molecule has 0 amide bonds. The topological polar surface area (TPSA) is 62.3 Å². The van der Waals surface area contributed by atoms with Crippen LogP contribution < -0.4 is 5.32 Å². The first-order valence-corrected chi connectivity index (χ1v) is 8.76. The Bertz CT molecular complexity index is 541. The molecule has 1 aliphatic rings. The molecule has 1 N–H and O–H groups in total. The lowest BCUT2D eigenvalue weighted by Gasteiger charge is -2.20. The predicted molar refractivity (Wildman–Crippen MR) is 79.9 cm³/mol. The highest BCUT2D eigenvalue weighted by Gasteiger charge is 2.24. The van der Waals surface area contributed by atoms with Crippen LogP contribution in [0.5, 0.6) is 0 Å². The second kappa shape index (κ2) is 6.65. The van der Waals surface area contributed by atoms with Crippen molar-refractivity contribution in [1.82, 2.24) is 14.6 Å². The molecular formula is C14H23N3O2S. The summed E-state index contributed by atoms with van der Waals surface area (Å²) in [5.74, 6) is 0.156. The summed E-state index contributed by atoms with van der Waals surface area (Å²) in [5, 5.41) is 3.24. The van der Waals surface area contributed by atoms with E-state index in [2.05, 4.69) is 10.3 Å². The van der Waals surface area contributed by atoms with E-state index in [-0.39, 0.29) is 5.75 Å². The van der Waals surface area contributed by atoms with Crippen molar-refractivity contribution in [2.24, 2.45) is 0 Å². The van der Waals surface area contributed by atoms with Gasteiger partial charge < -0.3 is 5.32 Å². The van der Waals surface area contributed by atoms with Gasteiger partial charge in [0.05, 0.1) is 18.0 Å². The summed E-state index contributed by atoms with van der Waals surface area (Å²) in [6.07, 6.45) is 2.34. The van der Waals surface area contributed by atoms with Crippen LogP contribution in [0.3, 0.4) is 0 Å². The number of nitrogens with zero attached hydrogens (tertiary/aromatic N) is 2. The second-order valence-corrected chi connectivity index (χ2v) is 7.33. The molecule has 20 heavy (non-hydrogen) atoms. The summed E-state index contributed by atoms with van der Waals surface area (Å²) in [4.78, 5) is 4.37. The number of aryl methyl sites for hydroxylation is 1. The van der Waals surface area contributed by atoms with Gasteiger partial charge in [-0.05, 0) is 31.9 Å². The van der Waals surface area contributed by atoms with Gasteiger partial charge in [-0.1, -0.05) is 13.0 Å². The normalized spacial score (nSPS) is 15.8. The van der Waals surface area contributed by atoms with Crippen molar-refractivity contribution in [3.05, 3.63) is 29.6 Å². The van der Waals surface area contributed by atoms with Crippen molar-refractivity contribution >= 4 is 10.0 Å². The Morgan fingerprint density at radius 2 is 2.15 bits per heavy atom. The van der Waals surface area contributed by atoms with E-state index in [1.165, 1.54) is 17.1 Å². The van der Waals surface area contributed by atoms with Crippen LogP contribution in [0, 0.1) is 6.92 Å². The van der Waals surface area contributed by atoms with Crippen LogP contribution in [0.25, 0.3) is 0 Å². The van der Waals surface area contributed by atoms with Gasteiger partial charge in [0, 0.05) is 24.8 Å². The number of sulfonamides is 1. The fourth-order valence-electron chi connectivity index (χ4n) is 2.08. The molecule has 0 saturated heterocycles. The fourth-order valence-corrected chi connectivity index (χ4v) is 3.44. The number of aromatic nitrogens is 1. The van der Waals surface area contributed by atoms with Crippen molar-refractivity contribution in [2.75, 3.05) is 18.8 Å². The molecule has 112 valence electrons. The van der Waals surface area contributed by atoms with E-state index < -0.39 is 10.0 Å². The van der Waals surface area contributed by atoms with Gasteiger partial charge in [-0.15, -0.1) is 0 Å². The third kappa shape index (κ3) is 4.54. The van der Waals surface area contributed by atoms with Gasteiger partial charge in [0.15, 0.2) is 0 Å².